The number of nitriles is 1. The van der Waals surface area contributed by atoms with Gasteiger partial charge in [0, 0.05) is 33.2 Å². The first-order chi connectivity index (χ1) is 25.2. The number of hydrogen-bond donors (Lipinski definition) is 0. The molecular weight excluding hydrogens is 623 g/mol. The number of fused-ring (bicyclic) bond motifs is 3. The van der Waals surface area contributed by atoms with E-state index in [9.17, 15) is 5.26 Å². The van der Waals surface area contributed by atoms with E-state index >= 15 is 0 Å². The lowest BCUT2D eigenvalue weighted by Gasteiger charge is -2.12. The molecule has 0 aliphatic heterocycles. The maximum Gasteiger partial charge on any atom is 0.164 e. The van der Waals surface area contributed by atoms with E-state index in [4.69, 9.17) is 15.0 Å². The van der Waals surface area contributed by atoms with Crippen molar-refractivity contribution in [2.24, 2.45) is 0 Å². The minimum Gasteiger partial charge on any atom is -0.309 e. The lowest BCUT2D eigenvalue weighted by Crippen LogP contribution is -2.00. The third kappa shape index (κ3) is 5.61. The van der Waals surface area contributed by atoms with Gasteiger partial charge in [-0.25, -0.2) is 15.0 Å². The van der Waals surface area contributed by atoms with Crippen LogP contribution < -0.4 is 0 Å². The predicted octanol–water partition coefficient (Wildman–Crippen LogP) is 11.2. The lowest BCUT2D eigenvalue weighted by atomic mass is 9.95. The Morgan fingerprint density at radius 2 is 0.824 bits per heavy atom. The molecule has 2 aromatic heterocycles. The summed E-state index contributed by atoms with van der Waals surface area (Å²) in [5, 5.41) is 12.5. The summed E-state index contributed by atoms with van der Waals surface area (Å²) in [5.41, 5.74) is 10.6. The summed E-state index contributed by atoms with van der Waals surface area (Å²) in [4.78, 5) is 14.7. The van der Waals surface area contributed by atoms with Crippen molar-refractivity contribution in [2.45, 2.75) is 0 Å². The molecule has 0 radical (unpaired) electrons. The molecular formula is C46H29N5. The fourth-order valence-corrected chi connectivity index (χ4v) is 6.80. The monoisotopic (exact) mass is 651 g/mol. The van der Waals surface area contributed by atoms with Crippen LogP contribution in [0.15, 0.2) is 176 Å². The molecule has 9 aromatic rings. The topological polar surface area (TPSA) is 67.4 Å². The molecule has 2 heterocycles. The van der Waals surface area contributed by atoms with Crippen molar-refractivity contribution in [1.82, 2.24) is 19.5 Å². The molecule has 0 N–H and O–H groups in total. The smallest absolute Gasteiger partial charge is 0.164 e. The van der Waals surface area contributed by atoms with Gasteiger partial charge in [-0.15, -0.1) is 0 Å². The van der Waals surface area contributed by atoms with Gasteiger partial charge in [-0.3, -0.25) is 0 Å². The molecule has 7 aromatic carbocycles. The number of nitrogens with zero attached hydrogens (tertiary/aromatic N) is 5. The van der Waals surface area contributed by atoms with E-state index in [1.54, 1.807) is 0 Å². The second kappa shape index (κ2) is 12.7. The minimum absolute atomic E-state index is 0.585. The van der Waals surface area contributed by atoms with Crippen molar-refractivity contribution >= 4 is 21.8 Å². The minimum atomic E-state index is 0.585. The molecule has 51 heavy (non-hydrogen) atoms. The zero-order valence-electron chi connectivity index (χ0n) is 27.5. The molecule has 0 atom stereocenters. The van der Waals surface area contributed by atoms with Crippen LogP contribution in [0.1, 0.15) is 5.56 Å². The molecule has 238 valence electrons. The zero-order valence-corrected chi connectivity index (χ0v) is 27.5. The van der Waals surface area contributed by atoms with Crippen LogP contribution in [0.4, 0.5) is 0 Å². The van der Waals surface area contributed by atoms with Crippen LogP contribution in [0.3, 0.4) is 0 Å². The van der Waals surface area contributed by atoms with Crippen LogP contribution >= 0.6 is 0 Å². The maximum absolute atomic E-state index is 10.1. The molecule has 0 amide bonds. The van der Waals surface area contributed by atoms with Gasteiger partial charge in [0.15, 0.2) is 17.5 Å². The Morgan fingerprint density at radius 3 is 1.39 bits per heavy atom. The summed E-state index contributed by atoms with van der Waals surface area (Å²) in [6.07, 6.45) is 0. The Balaban J connectivity index is 1.11. The molecule has 0 bridgehead atoms. The highest BCUT2D eigenvalue weighted by atomic mass is 15.0. The van der Waals surface area contributed by atoms with Gasteiger partial charge in [0.1, 0.15) is 0 Å². The average molecular weight is 652 g/mol. The van der Waals surface area contributed by atoms with Gasteiger partial charge in [-0.05, 0) is 70.8 Å². The SMILES string of the molecule is N#Cc1cc(-c2ccc(-n3c4ccccc4c4ccccc43)cc2)cc(-c2cccc(-c3nc(-c4ccccc4)nc(-c4ccccc4)n3)c2)c1. The third-order valence-corrected chi connectivity index (χ3v) is 9.25. The summed E-state index contributed by atoms with van der Waals surface area (Å²) in [6.45, 7) is 0. The Hall–Kier alpha value is -7.16. The summed E-state index contributed by atoms with van der Waals surface area (Å²) in [6, 6.07) is 62.2. The Bertz CT molecular complexity index is 2630. The van der Waals surface area contributed by atoms with E-state index in [0.29, 0.717) is 23.0 Å². The van der Waals surface area contributed by atoms with Crippen molar-refractivity contribution < 1.29 is 0 Å². The number of aromatic nitrogens is 4. The van der Waals surface area contributed by atoms with Crippen molar-refractivity contribution in [3.8, 4) is 68.2 Å². The summed E-state index contributed by atoms with van der Waals surface area (Å²) >= 11 is 0. The summed E-state index contributed by atoms with van der Waals surface area (Å²) in [5.74, 6) is 1.81. The van der Waals surface area contributed by atoms with Crippen LogP contribution in [0.25, 0.3) is 83.9 Å². The average Bonchev–Trinajstić information content (AvgIpc) is 3.55. The van der Waals surface area contributed by atoms with Gasteiger partial charge in [0.05, 0.1) is 22.7 Å². The second-order valence-electron chi connectivity index (χ2n) is 12.4. The van der Waals surface area contributed by atoms with Gasteiger partial charge in [0.25, 0.3) is 0 Å². The van der Waals surface area contributed by atoms with Gasteiger partial charge >= 0.3 is 0 Å². The fraction of sp³-hybridized carbons (Fsp3) is 0. The highest BCUT2D eigenvalue weighted by molar-refractivity contribution is 6.09. The largest absolute Gasteiger partial charge is 0.309 e. The van der Waals surface area contributed by atoms with Crippen molar-refractivity contribution in [1.29, 1.82) is 5.26 Å². The molecule has 5 heteroatoms. The second-order valence-corrected chi connectivity index (χ2v) is 12.4. The molecule has 0 saturated heterocycles. The van der Waals surface area contributed by atoms with Crippen LogP contribution in [0.5, 0.6) is 0 Å². The van der Waals surface area contributed by atoms with Gasteiger partial charge in [-0.2, -0.15) is 5.26 Å². The fourth-order valence-electron chi connectivity index (χ4n) is 6.80. The van der Waals surface area contributed by atoms with Gasteiger partial charge in [0.2, 0.25) is 0 Å². The molecule has 0 aliphatic rings. The van der Waals surface area contributed by atoms with E-state index in [-0.39, 0.29) is 0 Å². The Kier molecular flexibility index (Phi) is 7.46. The molecule has 0 fully saturated rings. The Morgan fingerprint density at radius 1 is 0.373 bits per heavy atom. The van der Waals surface area contributed by atoms with E-state index < -0.39 is 0 Å². The predicted molar refractivity (Wildman–Crippen MR) is 206 cm³/mol. The Labute approximate surface area is 295 Å². The summed E-state index contributed by atoms with van der Waals surface area (Å²) < 4.78 is 2.31. The first-order valence-electron chi connectivity index (χ1n) is 16.8. The van der Waals surface area contributed by atoms with Crippen LogP contribution in [-0.2, 0) is 0 Å². The molecule has 5 nitrogen and oxygen atoms in total. The summed E-state index contributed by atoms with van der Waals surface area (Å²) in [7, 11) is 0. The quantitative estimate of drug-likeness (QED) is 0.179. The highest BCUT2D eigenvalue weighted by Crippen LogP contribution is 2.35. The van der Waals surface area contributed by atoms with E-state index in [1.807, 2.05) is 84.9 Å². The number of para-hydroxylation sites is 2. The molecule has 0 saturated carbocycles. The first kappa shape index (κ1) is 29.9. The molecule has 0 unspecified atom stereocenters. The van der Waals surface area contributed by atoms with Crippen LogP contribution in [-0.4, -0.2) is 19.5 Å². The first-order valence-corrected chi connectivity index (χ1v) is 16.8. The van der Waals surface area contributed by atoms with Crippen LogP contribution in [0.2, 0.25) is 0 Å². The standard InChI is InChI=1S/C46H29N5/c47-30-31-26-37(32-22-24-39(25-23-32)51-42-20-9-7-18-40(42)41-19-8-10-21-43(41)51)29-38(27-31)35-16-11-17-36(28-35)46-49-44(33-12-3-1-4-13-33)48-45(50-46)34-14-5-2-6-15-34/h1-29H. The third-order valence-electron chi connectivity index (χ3n) is 9.25. The van der Waals surface area contributed by atoms with Crippen molar-refractivity contribution in [3.63, 3.8) is 0 Å². The normalized spacial score (nSPS) is 11.1. The zero-order chi connectivity index (χ0) is 34.1. The van der Waals surface area contributed by atoms with Gasteiger partial charge < -0.3 is 4.57 Å². The van der Waals surface area contributed by atoms with E-state index in [2.05, 4.69) is 102 Å². The number of hydrogen-bond acceptors (Lipinski definition) is 4. The van der Waals surface area contributed by atoms with E-state index in [1.165, 1.54) is 21.8 Å². The van der Waals surface area contributed by atoms with Crippen LogP contribution in [0, 0.1) is 11.3 Å². The number of benzene rings is 7. The maximum atomic E-state index is 10.1. The molecule has 0 aliphatic carbocycles. The van der Waals surface area contributed by atoms with Crippen molar-refractivity contribution in [3.05, 3.63) is 181 Å². The lowest BCUT2D eigenvalue weighted by molar-refractivity contribution is 1.07. The van der Waals surface area contributed by atoms with Crippen molar-refractivity contribution in [2.75, 3.05) is 0 Å². The molecule has 9 rings (SSSR count). The van der Waals surface area contributed by atoms with E-state index in [0.717, 1.165) is 44.6 Å². The van der Waals surface area contributed by atoms with Gasteiger partial charge in [-0.1, -0.05) is 127 Å². The molecule has 0 spiro atoms. The number of rotatable bonds is 6. The highest BCUT2D eigenvalue weighted by Gasteiger charge is 2.15.